The fourth-order valence-corrected chi connectivity index (χ4v) is 6.49. The zero-order valence-electron chi connectivity index (χ0n) is 18.0. The van der Waals surface area contributed by atoms with Gasteiger partial charge in [-0.1, -0.05) is 25.4 Å². The predicted octanol–water partition coefficient (Wildman–Crippen LogP) is 4.31. The number of urea groups is 1. The maximum absolute atomic E-state index is 12.8. The molecule has 2 heterocycles. The lowest BCUT2D eigenvalue weighted by atomic mass is 9.97. The lowest BCUT2D eigenvalue weighted by molar-refractivity contribution is -0.121. The molecular formula is C21H27ClN4O4S2. The maximum Gasteiger partial charge on any atom is 0.322 e. The summed E-state index contributed by atoms with van der Waals surface area (Å²) in [6.45, 7) is 5.16. The van der Waals surface area contributed by atoms with Crippen molar-refractivity contribution in [3.8, 4) is 0 Å². The standard InChI is InChI=1S/C21H27ClN4O4S2/c1-3-26(4-2)32(29,30)19-12-11-18(31-19)24-21(28)25-13-5-6-15(14-25)20(27)23-17-9-7-16(22)8-10-17/h7-12,15H,3-6,13-14H2,1-2H3,(H,23,27)(H,24,28). The van der Waals surface area contributed by atoms with Gasteiger partial charge in [-0.15, -0.1) is 11.3 Å². The summed E-state index contributed by atoms with van der Waals surface area (Å²) in [5.41, 5.74) is 0.654. The second-order valence-electron chi connectivity index (χ2n) is 7.42. The van der Waals surface area contributed by atoms with Crippen molar-refractivity contribution in [3.05, 3.63) is 41.4 Å². The zero-order chi connectivity index (χ0) is 23.3. The number of piperidine rings is 1. The molecule has 1 fully saturated rings. The summed E-state index contributed by atoms with van der Waals surface area (Å²) >= 11 is 6.90. The summed E-state index contributed by atoms with van der Waals surface area (Å²) in [4.78, 5) is 27.0. The van der Waals surface area contributed by atoms with E-state index in [0.717, 1.165) is 11.3 Å². The quantitative estimate of drug-likeness (QED) is 0.594. The van der Waals surface area contributed by atoms with Crippen molar-refractivity contribution in [1.82, 2.24) is 9.21 Å². The molecule has 32 heavy (non-hydrogen) atoms. The number of nitrogens with one attached hydrogen (secondary N) is 2. The van der Waals surface area contributed by atoms with Gasteiger partial charge in [-0.2, -0.15) is 4.31 Å². The molecule has 1 aliphatic rings. The number of sulfonamides is 1. The van der Waals surface area contributed by atoms with E-state index >= 15 is 0 Å². The molecule has 2 N–H and O–H groups in total. The van der Waals surface area contributed by atoms with Crippen LogP contribution in [0.5, 0.6) is 0 Å². The molecule has 0 aliphatic carbocycles. The summed E-state index contributed by atoms with van der Waals surface area (Å²) in [5.74, 6) is -0.472. The molecule has 1 atom stereocenters. The average Bonchev–Trinajstić information content (AvgIpc) is 3.25. The third-order valence-electron chi connectivity index (χ3n) is 5.30. The summed E-state index contributed by atoms with van der Waals surface area (Å²) in [6, 6.07) is 9.62. The average molecular weight is 499 g/mol. The van der Waals surface area contributed by atoms with Gasteiger partial charge in [-0.25, -0.2) is 13.2 Å². The van der Waals surface area contributed by atoms with Gasteiger partial charge in [0, 0.05) is 36.9 Å². The third-order valence-corrected chi connectivity index (χ3v) is 9.07. The van der Waals surface area contributed by atoms with Gasteiger partial charge in [-0.05, 0) is 49.2 Å². The highest BCUT2D eigenvalue weighted by atomic mass is 35.5. The molecule has 174 valence electrons. The smallest absolute Gasteiger partial charge is 0.322 e. The maximum atomic E-state index is 12.8. The predicted molar refractivity (Wildman–Crippen MR) is 128 cm³/mol. The first-order valence-corrected chi connectivity index (χ1v) is 13.1. The number of rotatable bonds is 7. The van der Waals surface area contributed by atoms with Gasteiger partial charge >= 0.3 is 6.03 Å². The Morgan fingerprint density at radius 2 is 1.81 bits per heavy atom. The van der Waals surface area contributed by atoms with E-state index in [1.165, 1.54) is 10.4 Å². The van der Waals surface area contributed by atoms with Crippen molar-refractivity contribution >= 4 is 55.6 Å². The minimum atomic E-state index is -3.57. The number of amides is 3. The number of carbonyl (C=O) groups excluding carboxylic acids is 2. The SMILES string of the molecule is CCN(CC)S(=O)(=O)c1ccc(NC(=O)N2CCCC(C(=O)Nc3ccc(Cl)cc3)C2)s1. The van der Waals surface area contributed by atoms with E-state index in [2.05, 4.69) is 10.6 Å². The van der Waals surface area contributed by atoms with Crippen LogP contribution in [-0.2, 0) is 14.8 Å². The molecule has 1 saturated heterocycles. The fourth-order valence-electron chi connectivity index (χ4n) is 3.55. The first-order chi connectivity index (χ1) is 15.2. The molecule has 3 amide bonds. The Morgan fingerprint density at radius 3 is 2.47 bits per heavy atom. The Hall–Kier alpha value is -2.14. The van der Waals surface area contributed by atoms with Crippen LogP contribution in [0.25, 0.3) is 0 Å². The fraction of sp³-hybridized carbons (Fsp3) is 0.429. The minimum Gasteiger partial charge on any atom is -0.326 e. The third kappa shape index (κ3) is 5.80. The molecule has 0 saturated carbocycles. The Kier molecular flexibility index (Phi) is 8.16. The number of thiophene rings is 1. The van der Waals surface area contributed by atoms with Crippen molar-refractivity contribution in [2.75, 3.05) is 36.8 Å². The van der Waals surface area contributed by atoms with Gasteiger partial charge in [0.2, 0.25) is 5.91 Å². The van der Waals surface area contributed by atoms with Crippen LogP contribution in [-0.4, -0.2) is 55.7 Å². The van der Waals surface area contributed by atoms with Gasteiger partial charge in [0.15, 0.2) is 0 Å². The van der Waals surface area contributed by atoms with E-state index in [4.69, 9.17) is 11.6 Å². The van der Waals surface area contributed by atoms with Crippen LogP contribution in [0, 0.1) is 5.92 Å². The van der Waals surface area contributed by atoms with E-state index < -0.39 is 10.0 Å². The van der Waals surface area contributed by atoms with E-state index in [-0.39, 0.29) is 22.1 Å². The Labute approximate surface area is 197 Å². The number of anilines is 2. The minimum absolute atomic E-state index is 0.145. The van der Waals surface area contributed by atoms with Gasteiger partial charge < -0.3 is 10.2 Å². The van der Waals surface area contributed by atoms with Crippen LogP contribution in [0.4, 0.5) is 15.5 Å². The molecule has 1 unspecified atom stereocenters. The second kappa shape index (κ2) is 10.7. The van der Waals surface area contributed by atoms with Gasteiger partial charge in [0.05, 0.1) is 10.9 Å². The highest BCUT2D eigenvalue weighted by Crippen LogP contribution is 2.29. The molecule has 1 aromatic carbocycles. The topological polar surface area (TPSA) is 98.8 Å². The highest BCUT2D eigenvalue weighted by molar-refractivity contribution is 7.91. The number of benzene rings is 1. The van der Waals surface area contributed by atoms with Gasteiger partial charge in [0.25, 0.3) is 10.0 Å². The van der Waals surface area contributed by atoms with E-state index in [1.807, 2.05) is 0 Å². The summed E-state index contributed by atoms with van der Waals surface area (Å²) in [7, 11) is -3.57. The Morgan fingerprint density at radius 1 is 1.12 bits per heavy atom. The number of hydrogen-bond donors (Lipinski definition) is 2. The monoisotopic (exact) mass is 498 g/mol. The number of hydrogen-bond acceptors (Lipinski definition) is 5. The van der Waals surface area contributed by atoms with Crippen LogP contribution in [0.2, 0.25) is 5.02 Å². The summed E-state index contributed by atoms with van der Waals surface area (Å²) in [6.07, 6.45) is 1.40. The van der Waals surface area contributed by atoms with E-state index in [1.54, 1.807) is 49.1 Å². The van der Waals surface area contributed by atoms with E-state index in [0.29, 0.717) is 54.7 Å². The van der Waals surface area contributed by atoms with Crippen LogP contribution < -0.4 is 10.6 Å². The molecule has 0 spiro atoms. The molecule has 2 aromatic rings. The summed E-state index contributed by atoms with van der Waals surface area (Å²) < 4.78 is 26.9. The molecule has 11 heteroatoms. The molecule has 1 aromatic heterocycles. The summed E-state index contributed by atoms with van der Waals surface area (Å²) in [5, 5.41) is 6.68. The molecule has 8 nitrogen and oxygen atoms in total. The number of carbonyl (C=O) groups is 2. The van der Waals surface area contributed by atoms with E-state index in [9.17, 15) is 18.0 Å². The van der Waals surface area contributed by atoms with Crippen LogP contribution in [0.1, 0.15) is 26.7 Å². The van der Waals surface area contributed by atoms with Gasteiger partial charge in [-0.3, -0.25) is 10.1 Å². The molecule has 0 bridgehead atoms. The van der Waals surface area contributed by atoms with Crippen LogP contribution in [0.3, 0.4) is 0 Å². The number of nitrogens with zero attached hydrogens (tertiary/aromatic N) is 2. The first kappa shape index (κ1) is 24.5. The molecular weight excluding hydrogens is 472 g/mol. The van der Waals surface area contributed by atoms with Crippen LogP contribution in [0.15, 0.2) is 40.6 Å². The lowest BCUT2D eigenvalue weighted by Crippen LogP contribution is -2.45. The lowest BCUT2D eigenvalue weighted by Gasteiger charge is -2.31. The largest absolute Gasteiger partial charge is 0.326 e. The van der Waals surface area contributed by atoms with Crippen molar-refractivity contribution < 1.29 is 18.0 Å². The highest BCUT2D eigenvalue weighted by Gasteiger charge is 2.29. The number of halogens is 1. The molecule has 3 rings (SSSR count). The van der Waals surface area contributed by atoms with Gasteiger partial charge in [0.1, 0.15) is 4.21 Å². The van der Waals surface area contributed by atoms with Crippen molar-refractivity contribution in [2.24, 2.45) is 5.92 Å². The normalized spacial score (nSPS) is 16.8. The molecule has 0 radical (unpaired) electrons. The zero-order valence-corrected chi connectivity index (χ0v) is 20.4. The Balaban J connectivity index is 1.60. The Bertz CT molecular complexity index is 1050. The second-order valence-corrected chi connectivity index (χ2v) is 11.1. The molecule has 1 aliphatic heterocycles. The van der Waals surface area contributed by atoms with Crippen molar-refractivity contribution in [2.45, 2.75) is 30.9 Å². The first-order valence-electron chi connectivity index (χ1n) is 10.5. The van der Waals surface area contributed by atoms with Crippen molar-refractivity contribution in [3.63, 3.8) is 0 Å². The van der Waals surface area contributed by atoms with Crippen LogP contribution >= 0.6 is 22.9 Å². The van der Waals surface area contributed by atoms with Crippen molar-refractivity contribution in [1.29, 1.82) is 0 Å². The number of likely N-dealkylation sites (tertiary alicyclic amines) is 1.